The summed E-state index contributed by atoms with van der Waals surface area (Å²) in [5, 5.41) is 11.2. The molecule has 0 unspecified atom stereocenters. The second-order valence-electron chi connectivity index (χ2n) is 9.05. The number of benzene rings is 2. The van der Waals surface area contributed by atoms with Gasteiger partial charge < -0.3 is 19.5 Å². The number of Topliss-reactive ketones (excluding diaryl/α,β-unsaturated/α-hetero) is 1. The Morgan fingerprint density at radius 2 is 1.68 bits per heavy atom. The minimum absolute atomic E-state index is 0.0338. The molecule has 0 aromatic heterocycles. The lowest BCUT2D eigenvalue weighted by Crippen LogP contribution is -2.42. The Hall–Kier alpha value is -3.16. The maximum absolute atomic E-state index is 13.2. The van der Waals surface area contributed by atoms with Crippen LogP contribution in [0.3, 0.4) is 0 Å². The number of likely N-dealkylation sites (tertiary alicyclic amines) is 1. The van der Waals surface area contributed by atoms with Crippen molar-refractivity contribution in [2.24, 2.45) is 0 Å². The fourth-order valence-electron chi connectivity index (χ4n) is 4.40. The van der Waals surface area contributed by atoms with E-state index in [1.54, 1.807) is 17.0 Å². The Morgan fingerprint density at radius 1 is 1.03 bits per heavy atom. The van der Waals surface area contributed by atoms with Crippen LogP contribution in [0, 0.1) is 6.92 Å². The van der Waals surface area contributed by atoms with Crippen LogP contribution in [-0.2, 0) is 14.3 Å². The van der Waals surface area contributed by atoms with Crippen molar-refractivity contribution < 1.29 is 24.2 Å². The van der Waals surface area contributed by atoms with E-state index in [1.165, 1.54) is 0 Å². The maximum Gasteiger partial charge on any atom is 0.295 e. The average molecular weight is 465 g/mol. The Morgan fingerprint density at radius 3 is 2.29 bits per heavy atom. The fourth-order valence-corrected chi connectivity index (χ4v) is 4.40. The molecule has 2 fully saturated rings. The molecule has 2 aromatic carbocycles. The summed E-state index contributed by atoms with van der Waals surface area (Å²) in [6.45, 7) is 9.77. The third-order valence-electron chi connectivity index (χ3n) is 6.19. The van der Waals surface area contributed by atoms with Gasteiger partial charge in [0.2, 0.25) is 0 Å². The molecule has 0 spiro atoms. The van der Waals surface area contributed by atoms with Crippen molar-refractivity contribution in [1.29, 1.82) is 0 Å². The summed E-state index contributed by atoms with van der Waals surface area (Å²) in [5.74, 6) is -0.690. The summed E-state index contributed by atoms with van der Waals surface area (Å²) < 4.78 is 11.2. The molecule has 1 amide bonds. The number of amides is 1. The SMILES string of the molecule is Cc1ccc(/C(O)=C2\C(=O)C(=O)N(CCN3CCOCC3)[C@H]2c2ccc(OC(C)C)cc2)cc1. The summed E-state index contributed by atoms with van der Waals surface area (Å²) in [7, 11) is 0. The van der Waals surface area contributed by atoms with Crippen molar-refractivity contribution in [2.45, 2.75) is 32.9 Å². The molecular formula is C27H32N2O5. The van der Waals surface area contributed by atoms with Gasteiger partial charge in [0, 0.05) is 31.7 Å². The molecule has 0 radical (unpaired) electrons. The van der Waals surface area contributed by atoms with E-state index in [9.17, 15) is 14.7 Å². The van der Waals surface area contributed by atoms with E-state index >= 15 is 0 Å². The van der Waals surface area contributed by atoms with E-state index in [-0.39, 0.29) is 17.4 Å². The van der Waals surface area contributed by atoms with E-state index in [1.807, 2.05) is 57.2 Å². The second-order valence-corrected chi connectivity index (χ2v) is 9.05. The van der Waals surface area contributed by atoms with Gasteiger partial charge in [0.15, 0.2) is 0 Å². The first kappa shape index (κ1) is 24.0. The number of aryl methyl sites for hydroxylation is 1. The number of aliphatic hydroxyl groups excluding tert-OH is 1. The number of ketones is 1. The van der Waals surface area contributed by atoms with Gasteiger partial charge in [-0.1, -0.05) is 42.0 Å². The quantitative estimate of drug-likeness (QED) is 0.384. The van der Waals surface area contributed by atoms with Gasteiger partial charge in [0.05, 0.1) is 30.9 Å². The molecule has 2 aromatic rings. The van der Waals surface area contributed by atoms with Crippen LogP contribution >= 0.6 is 0 Å². The van der Waals surface area contributed by atoms with E-state index in [2.05, 4.69) is 4.90 Å². The van der Waals surface area contributed by atoms with Gasteiger partial charge in [-0.25, -0.2) is 0 Å². The van der Waals surface area contributed by atoms with Crippen molar-refractivity contribution in [1.82, 2.24) is 9.80 Å². The minimum Gasteiger partial charge on any atom is -0.507 e. The van der Waals surface area contributed by atoms with Crippen molar-refractivity contribution >= 4 is 17.4 Å². The minimum atomic E-state index is -0.671. The first-order chi connectivity index (χ1) is 16.3. The van der Waals surface area contributed by atoms with Crippen LogP contribution in [0.15, 0.2) is 54.1 Å². The van der Waals surface area contributed by atoms with Crippen LogP contribution < -0.4 is 4.74 Å². The predicted molar refractivity (Wildman–Crippen MR) is 130 cm³/mol. The normalized spacial score (nSPS) is 20.8. The zero-order chi connectivity index (χ0) is 24.2. The Labute approximate surface area is 200 Å². The van der Waals surface area contributed by atoms with Crippen LogP contribution in [0.2, 0.25) is 0 Å². The van der Waals surface area contributed by atoms with Crippen LogP contribution in [0.4, 0.5) is 0 Å². The summed E-state index contributed by atoms with van der Waals surface area (Å²) >= 11 is 0. The van der Waals surface area contributed by atoms with Crippen molar-refractivity contribution in [3.8, 4) is 5.75 Å². The van der Waals surface area contributed by atoms with Gasteiger partial charge in [-0.2, -0.15) is 0 Å². The Balaban J connectivity index is 1.71. The molecule has 7 heteroatoms. The largest absolute Gasteiger partial charge is 0.507 e. The highest BCUT2D eigenvalue weighted by molar-refractivity contribution is 6.46. The number of hydrogen-bond donors (Lipinski definition) is 1. The predicted octanol–water partition coefficient (Wildman–Crippen LogP) is 3.54. The highest BCUT2D eigenvalue weighted by Crippen LogP contribution is 2.39. The van der Waals surface area contributed by atoms with Crippen LogP contribution in [-0.4, -0.2) is 72.1 Å². The Bertz CT molecular complexity index is 1050. The molecule has 2 heterocycles. The van der Waals surface area contributed by atoms with Gasteiger partial charge in [-0.15, -0.1) is 0 Å². The molecule has 0 bridgehead atoms. The monoisotopic (exact) mass is 464 g/mol. The molecule has 2 aliphatic heterocycles. The molecule has 1 atom stereocenters. The summed E-state index contributed by atoms with van der Waals surface area (Å²) in [6.07, 6.45) is 0.0338. The topological polar surface area (TPSA) is 79.3 Å². The number of hydrogen-bond acceptors (Lipinski definition) is 6. The number of carbonyl (C=O) groups excluding carboxylic acids is 2. The molecule has 180 valence electrons. The maximum atomic E-state index is 13.2. The lowest BCUT2D eigenvalue weighted by molar-refractivity contribution is -0.140. The molecule has 2 aliphatic rings. The summed E-state index contributed by atoms with van der Waals surface area (Å²) in [6, 6.07) is 14.0. The Kier molecular flexibility index (Phi) is 7.34. The molecule has 34 heavy (non-hydrogen) atoms. The van der Waals surface area contributed by atoms with Crippen LogP contribution in [0.25, 0.3) is 5.76 Å². The summed E-state index contributed by atoms with van der Waals surface area (Å²) in [5.41, 5.74) is 2.43. The molecule has 2 saturated heterocycles. The van der Waals surface area contributed by atoms with Gasteiger partial charge >= 0.3 is 0 Å². The van der Waals surface area contributed by atoms with E-state index in [0.717, 1.165) is 24.2 Å². The van der Waals surface area contributed by atoms with E-state index in [0.29, 0.717) is 37.6 Å². The highest BCUT2D eigenvalue weighted by Gasteiger charge is 2.46. The van der Waals surface area contributed by atoms with Gasteiger partial charge in [-0.05, 0) is 38.5 Å². The van der Waals surface area contributed by atoms with Crippen molar-refractivity contribution in [3.05, 3.63) is 70.8 Å². The molecule has 7 nitrogen and oxygen atoms in total. The lowest BCUT2D eigenvalue weighted by atomic mass is 9.95. The fraction of sp³-hybridized carbons (Fsp3) is 0.407. The third kappa shape index (κ3) is 5.16. The van der Waals surface area contributed by atoms with Gasteiger partial charge in [0.25, 0.3) is 11.7 Å². The van der Waals surface area contributed by atoms with E-state index in [4.69, 9.17) is 9.47 Å². The van der Waals surface area contributed by atoms with Crippen molar-refractivity contribution in [3.63, 3.8) is 0 Å². The number of aliphatic hydroxyl groups is 1. The smallest absolute Gasteiger partial charge is 0.295 e. The number of carbonyl (C=O) groups is 2. The molecule has 4 rings (SSSR count). The second kappa shape index (κ2) is 10.4. The highest BCUT2D eigenvalue weighted by atomic mass is 16.5. The third-order valence-corrected chi connectivity index (χ3v) is 6.19. The molecule has 1 N–H and O–H groups in total. The first-order valence-corrected chi connectivity index (χ1v) is 11.8. The first-order valence-electron chi connectivity index (χ1n) is 11.8. The molecule has 0 aliphatic carbocycles. The number of morpholine rings is 1. The lowest BCUT2D eigenvalue weighted by Gasteiger charge is -2.31. The van der Waals surface area contributed by atoms with Crippen LogP contribution in [0.1, 0.15) is 36.6 Å². The van der Waals surface area contributed by atoms with Crippen molar-refractivity contribution in [2.75, 3.05) is 39.4 Å². The molecular weight excluding hydrogens is 432 g/mol. The zero-order valence-corrected chi connectivity index (χ0v) is 20.0. The number of nitrogens with zero attached hydrogens (tertiary/aromatic N) is 2. The molecule has 0 saturated carbocycles. The van der Waals surface area contributed by atoms with Gasteiger partial charge in [-0.3, -0.25) is 14.5 Å². The summed E-state index contributed by atoms with van der Waals surface area (Å²) in [4.78, 5) is 30.1. The number of rotatable bonds is 7. The standard InChI is InChI=1S/C27H32N2O5/c1-18(2)34-22-10-8-20(9-11-22)24-23(25(30)21-6-4-19(3)5-7-21)26(31)27(32)29(24)13-12-28-14-16-33-17-15-28/h4-11,18,24,30H,12-17H2,1-3H3/b25-23+/t24-/m0/s1. The number of ether oxygens (including phenoxy) is 2. The average Bonchev–Trinajstić information content (AvgIpc) is 3.08. The van der Waals surface area contributed by atoms with E-state index < -0.39 is 17.7 Å². The van der Waals surface area contributed by atoms with Crippen LogP contribution in [0.5, 0.6) is 5.75 Å². The zero-order valence-electron chi connectivity index (χ0n) is 20.0. The van der Waals surface area contributed by atoms with Gasteiger partial charge in [0.1, 0.15) is 11.5 Å².